The summed E-state index contributed by atoms with van der Waals surface area (Å²) in [5.41, 5.74) is 3.05. The van der Waals surface area contributed by atoms with Gasteiger partial charge in [-0.2, -0.15) is 9.61 Å². The summed E-state index contributed by atoms with van der Waals surface area (Å²) in [6.45, 7) is 8.23. The first kappa shape index (κ1) is 26.7. The highest BCUT2D eigenvalue weighted by atomic mass is 79.9. The lowest BCUT2D eigenvalue weighted by Gasteiger charge is -2.34. The van der Waals surface area contributed by atoms with Gasteiger partial charge in [-0.1, -0.05) is 56.3 Å². The van der Waals surface area contributed by atoms with E-state index >= 15 is 0 Å². The first-order valence-corrected chi connectivity index (χ1v) is 13.7. The maximum atomic E-state index is 13.2. The first-order valence-electron chi connectivity index (χ1n) is 12.9. The van der Waals surface area contributed by atoms with E-state index in [4.69, 9.17) is 4.98 Å². The number of likely N-dealkylation sites (tertiary alicyclic amines) is 1. The zero-order chi connectivity index (χ0) is 26.4. The van der Waals surface area contributed by atoms with Gasteiger partial charge in [-0.3, -0.25) is 4.79 Å². The molecular formula is C29H34BrN5O2. The second kappa shape index (κ2) is 12.2. The molecule has 37 heavy (non-hydrogen) atoms. The predicted octanol–water partition coefficient (Wildman–Crippen LogP) is 6.34. The number of piperidine rings is 1. The van der Waals surface area contributed by atoms with E-state index in [1.54, 1.807) is 22.8 Å². The van der Waals surface area contributed by atoms with E-state index in [2.05, 4.69) is 26.3 Å². The van der Waals surface area contributed by atoms with Gasteiger partial charge in [0.05, 0.1) is 22.3 Å². The normalized spacial score (nSPS) is 16.1. The minimum atomic E-state index is -0.148. The summed E-state index contributed by atoms with van der Waals surface area (Å²) < 4.78 is 2.54. The molecule has 2 aromatic heterocycles. The van der Waals surface area contributed by atoms with E-state index in [0.717, 1.165) is 41.8 Å². The Morgan fingerprint density at radius 3 is 2.65 bits per heavy atom. The number of carbonyl (C=O) groups excluding carboxylic acids is 1. The zero-order valence-corrected chi connectivity index (χ0v) is 23.1. The molecule has 7 nitrogen and oxygen atoms in total. The van der Waals surface area contributed by atoms with Gasteiger partial charge in [0.15, 0.2) is 5.65 Å². The van der Waals surface area contributed by atoms with Crippen molar-refractivity contribution in [1.82, 2.24) is 19.5 Å². The number of aromatic hydroxyl groups is 1. The third-order valence-electron chi connectivity index (χ3n) is 6.68. The highest BCUT2D eigenvalue weighted by Gasteiger charge is 2.27. The molecule has 2 unspecified atom stereocenters. The SMILES string of the molecule is CC.CC(C(=O)N1CCCC(CNc2cc(-c3ccccc3O)nc3c(Br)cnn23)C1)c1ccccc1. The molecule has 1 saturated heterocycles. The van der Waals surface area contributed by atoms with E-state index in [9.17, 15) is 9.90 Å². The van der Waals surface area contributed by atoms with Crippen molar-refractivity contribution >= 4 is 33.3 Å². The number of benzene rings is 2. The Balaban J connectivity index is 0.00000156. The number of phenols is 1. The largest absolute Gasteiger partial charge is 0.507 e. The van der Waals surface area contributed by atoms with Gasteiger partial charge >= 0.3 is 0 Å². The third kappa shape index (κ3) is 5.96. The molecule has 2 atom stereocenters. The van der Waals surface area contributed by atoms with Crippen LogP contribution in [-0.4, -0.2) is 50.1 Å². The van der Waals surface area contributed by atoms with Crippen molar-refractivity contribution in [2.75, 3.05) is 25.0 Å². The Labute approximate surface area is 226 Å². The van der Waals surface area contributed by atoms with Crippen LogP contribution in [0.1, 0.15) is 45.1 Å². The molecule has 1 aliphatic rings. The number of carbonyl (C=O) groups is 1. The Kier molecular flexibility index (Phi) is 8.82. The maximum Gasteiger partial charge on any atom is 0.229 e. The molecule has 4 aromatic rings. The minimum Gasteiger partial charge on any atom is -0.507 e. The number of hydrogen-bond donors (Lipinski definition) is 2. The van der Waals surface area contributed by atoms with E-state index in [-0.39, 0.29) is 17.6 Å². The summed E-state index contributed by atoms with van der Waals surface area (Å²) >= 11 is 3.53. The van der Waals surface area contributed by atoms with Gasteiger partial charge in [-0.15, -0.1) is 0 Å². The average molecular weight is 565 g/mol. The van der Waals surface area contributed by atoms with Crippen LogP contribution in [0.4, 0.5) is 5.82 Å². The number of hydrogen-bond acceptors (Lipinski definition) is 5. The number of rotatable bonds is 6. The summed E-state index contributed by atoms with van der Waals surface area (Å²) in [6.07, 6.45) is 3.76. The van der Waals surface area contributed by atoms with Crippen LogP contribution in [0.3, 0.4) is 0 Å². The molecule has 0 aliphatic carbocycles. The second-order valence-corrected chi connectivity index (χ2v) is 9.93. The van der Waals surface area contributed by atoms with Gasteiger partial charge in [-0.05, 0) is 59.3 Å². The van der Waals surface area contributed by atoms with Crippen molar-refractivity contribution < 1.29 is 9.90 Å². The van der Waals surface area contributed by atoms with E-state index < -0.39 is 0 Å². The molecule has 8 heteroatoms. The molecule has 1 amide bonds. The number of phenolic OH excluding ortho intramolecular Hbond substituents is 1. The molecule has 194 valence electrons. The number of anilines is 1. The first-order chi connectivity index (χ1) is 18.0. The molecule has 0 spiro atoms. The lowest BCUT2D eigenvalue weighted by Crippen LogP contribution is -2.43. The summed E-state index contributed by atoms with van der Waals surface area (Å²) in [4.78, 5) is 19.9. The zero-order valence-electron chi connectivity index (χ0n) is 21.6. The van der Waals surface area contributed by atoms with Crippen LogP contribution < -0.4 is 5.32 Å². The number of nitrogens with one attached hydrogen (secondary N) is 1. The number of aromatic nitrogens is 3. The van der Waals surface area contributed by atoms with Crippen molar-refractivity contribution in [2.45, 2.75) is 39.5 Å². The lowest BCUT2D eigenvalue weighted by molar-refractivity contribution is -0.134. The van der Waals surface area contributed by atoms with Crippen molar-refractivity contribution in [3.8, 4) is 17.0 Å². The molecule has 5 rings (SSSR count). The summed E-state index contributed by atoms with van der Waals surface area (Å²) in [5.74, 6) is 1.33. The third-order valence-corrected chi connectivity index (χ3v) is 7.24. The highest BCUT2D eigenvalue weighted by Crippen LogP contribution is 2.31. The molecule has 1 aliphatic heterocycles. The fourth-order valence-electron chi connectivity index (χ4n) is 4.73. The smallest absolute Gasteiger partial charge is 0.229 e. The molecule has 0 radical (unpaired) electrons. The van der Waals surface area contributed by atoms with Crippen LogP contribution in [0, 0.1) is 5.92 Å². The molecule has 0 bridgehead atoms. The van der Waals surface area contributed by atoms with Crippen LogP contribution in [0.25, 0.3) is 16.9 Å². The quantitative estimate of drug-likeness (QED) is 0.286. The number of fused-ring (bicyclic) bond motifs is 1. The van der Waals surface area contributed by atoms with Gasteiger partial charge in [0, 0.05) is 31.3 Å². The fraction of sp³-hybridized carbons (Fsp3) is 0.345. The summed E-state index contributed by atoms with van der Waals surface area (Å²) in [5, 5.41) is 18.4. The summed E-state index contributed by atoms with van der Waals surface area (Å²) in [6, 6.07) is 19.1. The van der Waals surface area contributed by atoms with E-state index in [0.29, 0.717) is 29.4 Å². The topological polar surface area (TPSA) is 82.8 Å². The van der Waals surface area contributed by atoms with E-state index in [1.807, 2.05) is 74.2 Å². The number of nitrogens with zero attached hydrogens (tertiary/aromatic N) is 4. The number of amides is 1. The minimum absolute atomic E-state index is 0.148. The van der Waals surface area contributed by atoms with Crippen LogP contribution in [0.5, 0.6) is 5.75 Å². The molecule has 2 N–H and O–H groups in total. The lowest BCUT2D eigenvalue weighted by atomic mass is 9.94. The van der Waals surface area contributed by atoms with Gasteiger partial charge in [0.25, 0.3) is 0 Å². The van der Waals surface area contributed by atoms with Crippen molar-refractivity contribution in [3.63, 3.8) is 0 Å². The highest BCUT2D eigenvalue weighted by molar-refractivity contribution is 9.10. The van der Waals surface area contributed by atoms with Gasteiger partial charge in [0.1, 0.15) is 11.6 Å². The maximum absolute atomic E-state index is 13.2. The van der Waals surface area contributed by atoms with Crippen molar-refractivity contribution in [2.24, 2.45) is 5.92 Å². The number of halogens is 1. The average Bonchev–Trinajstić information content (AvgIpc) is 3.33. The Morgan fingerprint density at radius 1 is 1.16 bits per heavy atom. The summed E-state index contributed by atoms with van der Waals surface area (Å²) in [7, 11) is 0. The molecule has 2 aromatic carbocycles. The van der Waals surface area contributed by atoms with Crippen LogP contribution in [0.2, 0.25) is 0 Å². The number of para-hydroxylation sites is 1. The van der Waals surface area contributed by atoms with Crippen LogP contribution in [-0.2, 0) is 4.79 Å². The molecule has 1 fully saturated rings. The van der Waals surface area contributed by atoms with Gasteiger partial charge in [-0.25, -0.2) is 4.98 Å². The second-order valence-electron chi connectivity index (χ2n) is 9.08. The van der Waals surface area contributed by atoms with Gasteiger partial charge in [0.2, 0.25) is 5.91 Å². The van der Waals surface area contributed by atoms with Crippen molar-refractivity contribution in [1.29, 1.82) is 0 Å². The molecular weight excluding hydrogens is 530 g/mol. The Bertz CT molecular complexity index is 1340. The van der Waals surface area contributed by atoms with E-state index in [1.165, 1.54) is 0 Å². The standard InChI is InChI=1S/C27H28BrN5O2.C2H6/c1-18(20-9-3-2-4-10-20)27(35)32-13-7-8-19(17-32)15-29-25-14-23(21-11-5-6-12-24(21)34)31-26-22(28)16-30-33(25)26;1-2/h2-6,9-12,14,16,18-19,29,34H,7-8,13,15,17H2,1H3;1-2H3. The Morgan fingerprint density at radius 2 is 1.89 bits per heavy atom. The van der Waals surface area contributed by atoms with Gasteiger partial charge < -0.3 is 15.3 Å². The fourth-order valence-corrected chi connectivity index (χ4v) is 5.08. The van der Waals surface area contributed by atoms with Crippen LogP contribution >= 0.6 is 15.9 Å². The molecule has 3 heterocycles. The van der Waals surface area contributed by atoms with Crippen LogP contribution in [0.15, 0.2) is 71.3 Å². The molecule has 0 saturated carbocycles. The predicted molar refractivity (Wildman–Crippen MR) is 152 cm³/mol. The van der Waals surface area contributed by atoms with Crippen molar-refractivity contribution in [3.05, 3.63) is 76.9 Å². The Hall–Kier alpha value is -3.39. The monoisotopic (exact) mass is 563 g/mol.